The van der Waals surface area contributed by atoms with Crippen molar-refractivity contribution in [2.24, 2.45) is 0 Å². The Morgan fingerprint density at radius 1 is 1.17 bits per heavy atom. The van der Waals surface area contributed by atoms with Gasteiger partial charge in [-0.05, 0) is 22.6 Å². The molecule has 7 nitrogen and oxygen atoms in total. The summed E-state index contributed by atoms with van der Waals surface area (Å²) in [5, 5.41) is 5.37. The highest BCUT2D eigenvalue weighted by Gasteiger charge is 2.15. The SMILES string of the molecule is Nc1ncnc2c1c(I)nn2-c1cc(Cl)ncn1. The predicted octanol–water partition coefficient (Wildman–Crippen LogP) is 1.45. The third-order valence-corrected chi connectivity index (χ3v) is 3.25. The summed E-state index contributed by atoms with van der Waals surface area (Å²) < 4.78 is 2.26. The molecule has 0 aliphatic rings. The van der Waals surface area contributed by atoms with Crippen LogP contribution in [0.15, 0.2) is 18.7 Å². The van der Waals surface area contributed by atoms with E-state index in [9.17, 15) is 0 Å². The summed E-state index contributed by atoms with van der Waals surface area (Å²) in [6, 6.07) is 1.60. The van der Waals surface area contributed by atoms with Crippen LogP contribution in [0.3, 0.4) is 0 Å². The average molecular weight is 374 g/mol. The maximum atomic E-state index is 5.83. The van der Waals surface area contributed by atoms with Gasteiger partial charge in [-0.1, -0.05) is 11.6 Å². The minimum absolute atomic E-state index is 0.334. The largest absolute Gasteiger partial charge is 0.383 e. The second kappa shape index (κ2) is 4.28. The predicted molar refractivity (Wildman–Crippen MR) is 74.4 cm³/mol. The van der Waals surface area contributed by atoms with E-state index in [1.807, 2.05) is 0 Å². The summed E-state index contributed by atoms with van der Waals surface area (Å²) >= 11 is 7.90. The fourth-order valence-corrected chi connectivity index (χ4v) is 2.41. The summed E-state index contributed by atoms with van der Waals surface area (Å²) in [6.07, 6.45) is 2.75. The first-order chi connectivity index (χ1) is 8.66. The first-order valence-corrected chi connectivity index (χ1v) is 6.25. The van der Waals surface area contributed by atoms with Gasteiger partial charge in [0.25, 0.3) is 0 Å². The van der Waals surface area contributed by atoms with Gasteiger partial charge in [-0.2, -0.15) is 9.78 Å². The summed E-state index contributed by atoms with van der Waals surface area (Å²) in [6.45, 7) is 0. The summed E-state index contributed by atoms with van der Waals surface area (Å²) in [4.78, 5) is 16.0. The highest BCUT2D eigenvalue weighted by Crippen LogP contribution is 2.24. The molecule has 9 heteroatoms. The number of hydrogen-bond acceptors (Lipinski definition) is 6. The Morgan fingerprint density at radius 2 is 1.94 bits per heavy atom. The summed E-state index contributed by atoms with van der Waals surface area (Å²) in [7, 11) is 0. The van der Waals surface area contributed by atoms with E-state index in [-0.39, 0.29) is 0 Å². The lowest BCUT2D eigenvalue weighted by molar-refractivity contribution is 0.844. The topological polar surface area (TPSA) is 95.4 Å². The molecule has 0 unspecified atom stereocenters. The van der Waals surface area contributed by atoms with E-state index in [2.05, 4.69) is 47.6 Å². The quantitative estimate of drug-likeness (QED) is 0.512. The van der Waals surface area contributed by atoms with Crippen molar-refractivity contribution in [3.8, 4) is 5.82 Å². The highest BCUT2D eigenvalue weighted by atomic mass is 127. The van der Waals surface area contributed by atoms with Crippen LogP contribution < -0.4 is 5.73 Å². The lowest BCUT2D eigenvalue weighted by Gasteiger charge is -2.01. The van der Waals surface area contributed by atoms with E-state index >= 15 is 0 Å². The molecule has 0 fully saturated rings. The number of nitrogen functional groups attached to an aromatic ring is 1. The van der Waals surface area contributed by atoms with Crippen LogP contribution in [0.4, 0.5) is 5.82 Å². The molecule has 0 aliphatic heterocycles. The fraction of sp³-hybridized carbons (Fsp3) is 0. The fourth-order valence-electron chi connectivity index (χ4n) is 1.53. The molecular weight excluding hydrogens is 369 g/mol. The summed E-state index contributed by atoms with van der Waals surface area (Å²) in [5.41, 5.74) is 6.40. The van der Waals surface area contributed by atoms with Crippen molar-refractivity contribution in [2.75, 3.05) is 5.73 Å². The second-order valence-corrected chi connectivity index (χ2v) is 4.77. The molecule has 0 radical (unpaired) electrons. The van der Waals surface area contributed by atoms with E-state index in [1.165, 1.54) is 12.7 Å². The van der Waals surface area contributed by atoms with Gasteiger partial charge in [0.05, 0.1) is 5.39 Å². The van der Waals surface area contributed by atoms with Gasteiger partial charge in [-0.3, -0.25) is 0 Å². The average Bonchev–Trinajstić information content (AvgIpc) is 2.68. The molecule has 2 N–H and O–H groups in total. The van der Waals surface area contributed by atoms with E-state index in [0.717, 1.165) is 0 Å². The Bertz CT molecular complexity index is 741. The molecule has 18 heavy (non-hydrogen) atoms. The van der Waals surface area contributed by atoms with Crippen LogP contribution in [0.5, 0.6) is 0 Å². The second-order valence-electron chi connectivity index (χ2n) is 3.36. The minimum Gasteiger partial charge on any atom is -0.383 e. The molecule has 0 aliphatic carbocycles. The number of hydrogen-bond donors (Lipinski definition) is 1. The molecule has 3 heterocycles. The zero-order valence-corrected chi connectivity index (χ0v) is 11.7. The lowest BCUT2D eigenvalue weighted by Crippen LogP contribution is -2.01. The van der Waals surface area contributed by atoms with Gasteiger partial charge in [0.15, 0.2) is 11.5 Å². The normalized spacial score (nSPS) is 11.0. The summed E-state index contributed by atoms with van der Waals surface area (Å²) in [5.74, 6) is 0.914. The zero-order chi connectivity index (χ0) is 12.7. The van der Waals surface area contributed by atoms with Crippen molar-refractivity contribution in [1.29, 1.82) is 0 Å². The molecule has 0 bridgehead atoms. The van der Waals surface area contributed by atoms with Crippen LogP contribution in [-0.2, 0) is 0 Å². The number of anilines is 1. The van der Waals surface area contributed by atoms with Crippen molar-refractivity contribution in [1.82, 2.24) is 29.7 Å². The highest BCUT2D eigenvalue weighted by molar-refractivity contribution is 14.1. The van der Waals surface area contributed by atoms with Crippen molar-refractivity contribution in [2.45, 2.75) is 0 Å². The van der Waals surface area contributed by atoms with Gasteiger partial charge in [0.1, 0.15) is 27.3 Å². The molecule has 0 atom stereocenters. The Hall–Kier alpha value is -1.55. The van der Waals surface area contributed by atoms with E-state index in [4.69, 9.17) is 17.3 Å². The number of aromatic nitrogens is 6. The van der Waals surface area contributed by atoms with E-state index in [0.29, 0.717) is 31.5 Å². The molecule has 0 spiro atoms. The van der Waals surface area contributed by atoms with E-state index < -0.39 is 0 Å². The van der Waals surface area contributed by atoms with Gasteiger partial charge < -0.3 is 5.73 Å². The van der Waals surface area contributed by atoms with Crippen LogP contribution >= 0.6 is 34.2 Å². The Morgan fingerprint density at radius 3 is 2.72 bits per heavy atom. The van der Waals surface area contributed by atoms with Crippen LogP contribution in [0.2, 0.25) is 5.15 Å². The first-order valence-electron chi connectivity index (χ1n) is 4.79. The molecule has 0 saturated carbocycles. The number of rotatable bonds is 1. The third-order valence-electron chi connectivity index (χ3n) is 2.29. The van der Waals surface area contributed by atoms with Crippen LogP contribution in [0.1, 0.15) is 0 Å². The van der Waals surface area contributed by atoms with Gasteiger partial charge >= 0.3 is 0 Å². The Kier molecular flexibility index (Phi) is 2.74. The Labute approximate surface area is 120 Å². The monoisotopic (exact) mass is 373 g/mol. The van der Waals surface area contributed by atoms with Gasteiger partial charge in [0, 0.05) is 6.07 Å². The molecular formula is C9H5ClIN7. The maximum Gasteiger partial charge on any atom is 0.171 e. The molecule has 0 amide bonds. The smallest absolute Gasteiger partial charge is 0.171 e. The van der Waals surface area contributed by atoms with Gasteiger partial charge in [-0.25, -0.2) is 19.9 Å². The number of fused-ring (bicyclic) bond motifs is 1. The molecule has 3 aromatic heterocycles. The lowest BCUT2D eigenvalue weighted by atomic mass is 10.4. The molecule has 0 aromatic carbocycles. The van der Waals surface area contributed by atoms with Crippen molar-refractivity contribution >= 4 is 51.0 Å². The van der Waals surface area contributed by atoms with Crippen LogP contribution in [-0.4, -0.2) is 29.7 Å². The zero-order valence-electron chi connectivity index (χ0n) is 8.75. The van der Waals surface area contributed by atoms with Crippen molar-refractivity contribution in [3.63, 3.8) is 0 Å². The minimum atomic E-state index is 0.334. The van der Waals surface area contributed by atoms with Gasteiger partial charge in [-0.15, -0.1) is 0 Å². The van der Waals surface area contributed by atoms with Crippen molar-refractivity contribution in [3.05, 3.63) is 27.6 Å². The third kappa shape index (κ3) is 1.77. The van der Waals surface area contributed by atoms with Crippen molar-refractivity contribution < 1.29 is 0 Å². The first kappa shape index (κ1) is 11.5. The van der Waals surface area contributed by atoms with Crippen LogP contribution in [0.25, 0.3) is 16.9 Å². The van der Waals surface area contributed by atoms with Gasteiger partial charge in [0.2, 0.25) is 0 Å². The standard InChI is InChI=1S/C9H5ClIN7/c10-4-1-5(14-2-13-4)18-9-6(7(11)17-18)8(12)15-3-16-9/h1-3H,(H2,12,15,16). The number of nitrogens with zero attached hydrogens (tertiary/aromatic N) is 6. The Balaban J connectivity index is 2.34. The maximum absolute atomic E-state index is 5.83. The number of nitrogens with two attached hydrogens (primary N) is 1. The molecule has 3 aromatic rings. The number of halogens is 2. The van der Waals surface area contributed by atoms with E-state index in [1.54, 1.807) is 10.7 Å². The molecule has 0 saturated heterocycles. The molecule has 3 rings (SSSR count). The molecule has 90 valence electrons. The van der Waals surface area contributed by atoms with Crippen LogP contribution in [0, 0.1) is 3.70 Å².